The zero-order valence-electron chi connectivity index (χ0n) is 19.7. The third kappa shape index (κ3) is 6.46. The molecule has 0 radical (unpaired) electrons. The molecule has 3 rings (SSSR count). The topological polar surface area (TPSA) is 101 Å². The summed E-state index contributed by atoms with van der Waals surface area (Å²) in [5.41, 5.74) is 0.585. The molecule has 186 valence electrons. The summed E-state index contributed by atoms with van der Waals surface area (Å²) in [4.78, 5) is 19.8. The molecule has 2 aromatic carbocycles. The molecule has 0 bridgehead atoms. The maximum Gasteiger partial charge on any atom is 0.344 e. The van der Waals surface area contributed by atoms with Crippen molar-refractivity contribution in [3.8, 4) is 23.0 Å². The molecular weight excluding hydrogens is 464 g/mol. The average molecular weight is 489 g/mol. The fourth-order valence-corrected chi connectivity index (χ4v) is 3.03. The van der Waals surface area contributed by atoms with Gasteiger partial charge in [-0.15, -0.1) is 0 Å². The molecule has 0 aliphatic carbocycles. The SMILES string of the molecule is CCOC(=O)COc1ccc(Nc2ncc(OCc3c(F)c(C)cc(OC)c3F)cn2)cc1OC. The van der Waals surface area contributed by atoms with Crippen LogP contribution in [0, 0.1) is 18.6 Å². The van der Waals surface area contributed by atoms with Gasteiger partial charge in [0.25, 0.3) is 0 Å². The predicted molar refractivity (Wildman–Crippen MR) is 122 cm³/mol. The molecule has 0 saturated heterocycles. The smallest absolute Gasteiger partial charge is 0.344 e. The minimum absolute atomic E-state index is 0.0639. The standard InChI is InChI=1S/C24H25F2N3O6/c1-5-33-21(30)13-35-18-7-6-15(9-19(18)31-3)29-24-27-10-16(11-28-24)34-12-17-22(25)14(2)8-20(32-4)23(17)26/h6-11H,5,12-13H2,1-4H3,(H,27,28,29). The maximum atomic E-state index is 14.4. The first-order chi connectivity index (χ1) is 16.9. The molecule has 0 aliphatic rings. The number of aromatic nitrogens is 2. The van der Waals surface area contributed by atoms with E-state index in [1.807, 2.05) is 0 Å². The highest BCUT2D eigenvalue weighted by molar-refractivity contribution is 5.71. The van der Waals surface area contributed by atoms with Crippen LogP contribution in [0.4, 0.5) is 20.4 Å². The Labute approximate surface area is 201 Å². The average Bonchev–Trinajstić information content (AvgIpc) is 2.86. The highest BCUT2D eigenvalue weighted by Gasteiger charge is 2.18. The lowest BCUT2D eigenvalue weighted by atomic mass is 10.1. The van der Waals surface area contributed by atoms with Gasteiger partial charge in [-0.05, 0) is 37.6 Å². The second-order valence-electron chi connectivity index (χ2n) is 7.12. The Morgan fingerprint density at radius 2 is 1.69 bits per heavy atom. The number of anilines is 2. The second kappa shape index (κ2) is 11.8. The van der Waals surface area contributed by atoms with Gasteiger partial charge in [0, 0.05) is 11.8 Å². The number of benzene rings is 2. The molecule has 0 aliphatic heterocycles. The van der Waals surface area contributed by atoms with Crippen LogP contribution >= 0.6 is 0 Å². The number of esters is 1. The Hall–Kier alpha value is -4.15. The van der Waals surface area contributed by atoms with Gasteiger partial charge in [0.2, 0.25) is 5.95 Å². The lowest BCUT2D eigenvalue weighted by Crippen LogP contribution is -2.14. The van der Waals surface area contributed by atoms with Gasteiger partial charge in [-0.2, -0.15) is 0 Å². The number of aryl methyl sites for hydroxylation is 1. The normalized spacial score (nSPS) is 10.5. The number of nitrogens with zero attached hydrogens (tertiary/aromatic N) is 2. The summed E-state index contributed by atoms with van der Waals surface area (Å²) in [7, 11) is 2.77. The van der Waals surface area contributed by atoms with Gasteiger partial charge < -0.3 is 29.0 Å². The first-order valence-electron chi connectivity index (χ1n) is 10.6. The van der Waals surface area contributed by atoms with E-state index >= 15 is 0 Å². The summed E-state index contributed by atoms with van der Waals surface area (Å²) in [6.45, 7) is 2.88. The quantitative estimate of drug-likeness (QED) is 0.394. The Kier molecular flexibility index (Phi) is 8.60. The number of carbonyl (C=O) groups excluding carboxylic acids is 1. The van der Waals surface area contributed by atoms with Gasteiger partial charge in [-0.3, -0.25) is 0 Å². The number of hydrogen-bond acceptors (Lipinski definition) is 9. The first-order valence-corrected chi connectivity index (χ1v) is 10.6. The Morgan fingerprint density at radius 1 is 0.971 bits per heavy atom. The Morgan fingerprint density at radius 3 is 2.34 bits per heavy atom. The Balaban J connectivity index is 1.64. The van der Waals surface area contributed by atoms with Gasteiger partial charge in [0.1, 0.15) is 12.4 Å². The van der Waals surface area contributed by atoms with Crippen molar-refractivity contribution in [1.82, 2.24) is 9.97 Å². The lowest BCUT2D eigenvalue weighted by molar-refractivity contribution is -0.145. The van der Waals surface area contributed by atoms with Crippen molar-refractivity contribution in [2.75, 3.05) is 32.8 Å². The van der Waals surface area contributed by atoms with Crippen LogP contribution in [0.1, 0.15) is 18.1 Å². The van der Waals surface area contributed by atoms with Crippen LogP contribution in [0.15, 0.2) is 36.7 Å². The largest absolute Gasteiger partial charge is 0.494 e. The van der Waals surface area contributed by atoms with Gasteiger partial charge in [0.15, 0.2) is 35.4 Å². The summed E-state index contributed by atoms with van der Waals surface area (Å²) in [6, 6.07) is 6.24. The summed E-state index contributed by atoms with van der Waals surface area (Å²) in [5.74, 6) is -0.862. The maximum absolute atomic E-state index is 14.4. The van der Waals surface area contributed by atoms with Crippen molar-refractivity contribution in [3.63, 3.8) is 0 Å². The minimum atomic E-state index is -0.821. The van der Waals surface area contributed by atoms with E-state index in [4.69, 9.17) is 23.7 Å². The zero-order chi connectivity index (χ0) is 25.4. The highest BCUT2D eigenvalue weighted by Crippen LogP contribution is 2.31. The van der Waals surface area contributed by atoms with Crippen LogP contribution in [0.2, 0.25) is 0 Å². The van der Waals surface area contributed by atoms with Crippen LogP contribution in [0.25, 0.3) is 0 Å². The van der Waals surface area contributed by atoms with E-state index < -0.39 is 17.6 Å². The van der Waals surface area contributed by atoms with Gasteiger partial charge in [-0.25, -0.2) is 23.5 Å². The molecule has 3 aromatic rings. The number of ether oxygens (including phenoxy) is 5. The van der Waals surface area contributed by atoms with E-state index in [9.17, 15) is 13.6 Å². The van der Waals surface area contributed by atoms with Crippen LogP contribution < -0.4 is 24.3 Å². The molecule has 1 N–H and O–H groups in total. The lowest BCUT2D eigenvalue weighted by Gasteiger charge is -2.13. The van der Waals surface area contributed by atoms with Crippen LogP contribution in [-0.4, -0.2) is 43.4 Å². The van der Waals surface area contributed by atoms with Crippen molar-refractivity contribution >= 4 is 17.6 Å². The molecule has 35 heavy (non-hydrogen) atoms. The predicted octanol–water partition coefficient (Wildman–Crippen LogP) is 4.34. The monoisotopic (exact) mass is 489 g/mol. The van der Waals surface area contributed by atoms with E-state index in [2.05, 4.69) is 15.3 Å². The van der Waals surface area contributed by atoms with Gasteiger partial charge in [-0.1, -0.05) is 0 Å². The fourth-order valence-electron chi connectivity index (χ4n) is 3.03. The van der Waals surface area contributed by atoms with Crippen LogP contribution in [-0.2, 0) is 16.1 Å². The van der Waals surface area contributed by atoms with Crippen molar-refractivity contribution in [2.24, 2.45) is 0 Å². The first kappa shape index (κ1) is 25.5. The van der Waals surface area contributed by atoms with Gasteiger partial charge in [0.05, 0.1) is 38.8 Å². The molecular formula is C24H25F2N3O6. The number of nitrogens with one attached hydrogen (secondary N) is 1. The third-order valence-corrected chi connectivity index (χ3v) is 4.74. The number of rotatable bonds is 11. The van der Waals surface area contributed by atoms with Crippen LogP contribution in [0.3, 0.4) is 0 Å². The molecule has 11 heteroatoms. The summed E-state index contributed by atoms with van der Waals surface area (Å²) in [5, 5.41) is 2.99. The summed E-state index contributed by atoms with van der Waals surface area (Å²) in [6.07, 6.45) is 2.73. The minimum Gasteiger partial charge on any atom is -0.494 e. The molecule has 0 unspecified atom stereocenters. The molecule has 0 atom stereocenters. The van der Waals surface area contributed by atoms with E-state index in [1.54, 1.807) is 25.1 Å². The van der Waals surface area contributed by atoms with Gasteiger partial charge >= 0.3 is 5.97 Å². The third-order valence-electron chi connectivity index (χ3n) is 4.74. The highest BCUT2D eigenvalue weighted by atomic mass is 19.1. The summed E-state index contributed by atoms with van der Waals surface area (Å²) < 4.78 is 54.7. The molecule has 0 spiro atoms. The van der Waals surface area contributed by atoms with E-state index in [0.29, 0.717) is 17.2 Å². The zero-order valence-corrected chi connectivity index (χ0v) is 19.7. The molecule has 0 amide bonds. The molecule has 1 aromatic heterocycles. The van der Waals surface area contributed by atoms with Crippen molar-refractivity contribution in [2.45, 2.75) is 20.5 Å². The number of carbonyl (C=O) groups is 1. The second-order valence-corrected chi connectivity index (χ2v) is 7.12. The molecule has 1 heterocycles. The van der Waals surface area contributed by atoms with Crippen molar-refractivity contribution in [3.05, 3.63) is 59.4 Å². The van der Waals surface area contributed by atoms with Crippen LogP contribution in [0.5, 0.6) is 23.0 Å². The number of halogens is 2. The number of methoxy groups -OCH3 is 2. The molecule has 0 saturated carbocycles. The Bertz CT molecular complexity index is 1170. The molecule has 0 fully saturated rings. The van der Waals surface area contributed by atoms with E-state index in [0.717, 1.165) is 0 Å². The molecule has 9 nitrogen and oxygen atoms in total. The van der Waals surface area contributed by atoms with E-state index in [1.165, 1.54) is 39.6 Å². The van der Waals surface area contributed by atoms with Crippen molar-refractivity contribution < 1.29 is 37.3 Å². The summed E-state index contributed by atoms with van der Waals surface area (Å²) >= 11 is 0. The van der Waals surface area contributed by atoms with Crippen molar-refractivity contribution in [1.29, 1.82) is 0 Å². The fraction of sp³-hybridized carbons (Fsp3) is 0.292. The van der Waals surface area contributed by atoms with E-state index in [-0.39, 0.29) is 48.4 Å². The number of hydrogen-bond donors (Lipinski definition) is 1.